The molecule has 0 bridgehead atoms. The second-order valence-corrected chi connectivity index (χ2v) is 3.91. The van der Waals surface area contributed by atoms with Crippen LogP contribution in [-0.4, -0.2) is 5.97 Å². The summed E-state index contributed by atoms with van der Waals surface area (Å²) >= 11 is 3.22. The highest BCUT2D eigenvalue weighted by Crippen LogP contribution is 2.32. The minimum Gasteiger partial charge on any atom is -0.251 e. The van der Waals surface area contributed by atoms with Gasteiger partial charge in [-0.05, 0) is 12.0 Å². The molecule has 2 nitrogen and oxygen atoms in total. The molecule has 1 aromatic carbocycles. The first kappa shape index (κ1) is 13.1. The standard InChI is InChI=1S/C11H11BrF2O2/c1-2-11(13,10(15)16-14)9-5-3-4-8(6-9)7-12/h3-6H,2,7H2,1H3. The molecule has 0 N–H and O–H groups in total. The van der Waals surface area contributed by atoms with Crippen molar-refractivity contribution in [1.29, 1.82) is 0 Å². The molecule has 0 aliphatic rings. The Bertz CT molecular complexity index is 384. The van der Waals surface area contributed by atoms with E-state index in [1.54, 1.807) is 12.1 Å². The first-order valence-electron chi connectivity index (χ1n) is 4.75. The molecule has 0 amide bonds. The van der Waals surface area contributed by atoms with Crippen molar-refractivity contribution in [3.8, 4) is 0 Å². The van der Waals surface area contributed by atoms with Crippen LogP contribution < -0.4 is 0 Å². The van der Waals surface area contributed by atoms with Crippen LogP contribution in [0.2, 0.25) is 0 Å². The Morgan fingerprint density at radius 1 is 1.56 bits per heavy atom. The summed E-state index contributed by atoms with van der Waals surface area (Å²) in [6.45, 7) is 1.46. The first-order chi connectivity index (χ1) is 7.58. The van der Waals surface area contributed by atoms with E-state index in [4.69, 9.17) is 0 Å². The predicted octanol–water partition coefficient (Wildman–Crippen LogP) is 3.58. The molecule has 0 aromatic heterocycles. The zero-order valence-electron chi connectivity index (χ0n) is 8.67. The van der Waals surface area contributed by atoms with Gasteiger partial charge in [0.15, 0.2) is 0 Å². The van der Waals surface area contributed by atoms with E-state index in [-0.39, 0.29) is 12.0 Å². The van der Waals surface area contributed by atoms with Crippen molar-refractivity contribution < 1.29 is 18.7 Å². The average molecular weight is 293 g/mol. The van der Waals surface area contributed by atoms with E-state index < -0.39 is 11.6 Å². The summed E-state index contributed by atoms with van der Waals surface area (Å²) in [6, 6.07) is 6.33. The Hall–Kier alpha value is -0.970. The molecule has 1 rings (SSSR count). The highest BCUT2D eigenvalue weighted by Gasteiger charge is 2.41. The molecular weight excluding hydrogens is 282 g/mol. The smallest absolute Gasteiger partial charge is 0.251 e. The molecule has 0 fully saturated rings. The molecule has 1 aromatic rings. The third kappa shape index (κ3) is 2.40. The minimum atomic E-state index is -2.42. The zero-order chi connectivity index (χ0) is 12.2. The maximum absolute atomic E-state index is 14.2. The summed E-state index contributed by atoms with van der Waals surface area (Å²) in [5, 5.41) is 0.533. The summed E-state index contributed by atoms with van der Waals surface area (Å²) in [5.41, 5.74) is -1.51. The molecule has 1 atom stereocenters. The Labute approximate surface area is 101 Å². The zero-order valence-corrected chi connectivity index (χ0v) is 10.3. The SMILES string of the molecule is CCC(F)(C(=O)OF)c1cccc(CBr)c1. The Balaban J connectivity index is 3.16. The summed E-state index contributed by atoms with van der Waals surface area (Å²) in [4.78, 5) is 14.1. The van der Waals surface area contributed by atoms with Crippen molar-refractivity contribution >= 4 is 21.9 Å². The average Bonchev–Trinajstić information content (AvgIpc) is 2.36. The van der Waals surface area contributed by atoms with Crippen molar-refractivity contribution in [3.05, 3.63) is 35.4 Å². The number of carbonyl (C=O) groups excluding carboxylic acids is 1. The molecule has 5 heteroatoms. The van der Waals surface area contributed by atoms with Gasteiger partial charge < -0.3 is 0 Å². The van der Waals surface area contributed by atoms with Crippen LogP contribution in [0.25, 0.3) is 0 Å². The lowest BCUT2D eigenvalue weighted by Gasteiger charge is -2.19. The molecular formula is C11H11BrF2O2. The fourth-order valence-electron chi connectivity index (χ4n) is 1.43. The highest BCUT2D eigenvalue weighted by atomic mass is 79.9. The van der Waals surface area contributed by atoms with Gasteiger partial charge in [-0.2, -0.15) is 0 Å². The van der Waals surface area contributed by atoms with Gasteiger partial charge in [0.1, 0.15) is 0 Å². The molecule has 0 heterocycles. The normalized spacial score (nSPS) is 14.2. The lowest BCUT2D eigenvalue weighted by molar-refractivity contribution is -0.199. The molecule has 0 aliphatic heterocycles. The van der Waals surface area contributed by atoms with Crippen LogP contribution in [0.3, 0.4) is 0 Å². The van der Waals surface area contributed by atoms with Crippen LogP contribution in [0.1, 0.15) is 24.5 Å². The third-order valence-corrected chi connectivity index (χ3v) is 3.07. The summed E-state index contributed by atoms with van der Waals surface area (Å²) < 4.78 is 26.1. The molecule has 0 spiro atoms. The fourth-order valence-corrected chi connectivity index (χ4v) is 1.78. The fraction of sp³-hybridized carbons (Fsp3) is 0.364. The van der Waals surface area contributed by atoms with Crippen molar-refractivity contribution in [2.75, 3.05) is 0 Å². The number of halogens is 3. The van der Waals surface area contributed by atoms with Gasteiger partial charge in [0, 0.05) is 15.4 Å². The largest absolute Gasteiger partial charge is 0.390 e. The van der Waals surface area contributed by atoms with E-state index in [2.05, 4.69) is 20.9 Å². The second kappa shape index (κ2) is 5.39. The van der Waals surface area contributed by atoms with E-state index in [1.807, 2.05) is 0 Å². The Morgan fingerprint density at radius 3 is 2.75 bits per heavy atom. The van der Waals surface area contributed by atoms with E-state index >= 15 is 0 Å². The summed E-state index contributed by atoms with van der Waals surface area (Å²) in [5.74, 6) is -1.51. The van der Waals surface area contributed by atoms with Crippen molar-refractivity contribution in [2.24, 2.45) is 0 Å². The monoisotopic (exact) mass is 292 g/mol. The summed E-state index contributed by atoms with van der Waals surface area (Å²) in [6.07, 6.45) is -0.179. The number of hydrogen-bond donors (Lipinski definition) is 0. The molecule has 16 heavy (non-hydrogen) atoms. The van der Waals surface area contributed by atoms with Gasteiger partial charge in [-0.15, -0.1) is 0 Å². The quantitative estimate of drug-likeness (QED) is 0.793. The van der Waals surface area contributed by atoms with Crippen LogP contribution in [0.5, 0.6) is 0 Å². The van der Waals surface area contributed by atoms with E-state index in [0.29, 0.717) is 5.33 Å². The van der Waals surface area contributed by atoms with Gasteiger partial charge in [-0.1, -0.05) is 47.1 Å². The number of hydrogen-bond acceptors (Lipinski definition) is 2. The van der Waals surface area contributed by atoms with Crippen LogP contribution >= 0.6 is 15.9 Å². The van der Waals surface area contributed by atoms with Gasteiger partial charge in [0.2, 0.25) is 5.67 Å². The predicted molar refractivity (Wildman–Crippen MR) is 59.4 cm³/mol. The van der Waals surface area contributed by atoms with Gasteiger partial charge in [-0.3, -0.25) is 4.94 Å². The van der Waals surface area contributed by atoms with Crippen molar-refractivity contribution in [1.82, 2.24) is 0 Å². The van der Waals surface area contributed by atoms with E-state index in [9.17, 15) is 13.7 Å². The van der Waals surface area contributed by atoms with E-state index in [0.717, 1.165) is 5.56 Å². The van der Waals surface area contributed by atoms with Gasteiger partial charge in [-0.25, -0.2) is 9.18 Å². The van der Waals surface area contributed by atoms with Crippen LogP contribution in [-0.2, 0) is 20.7 Å². The Morgan fingerprint density at radius 2 is 2.25 bits per heavy atom. The number of rotatable bonds is 4. The van der Waals surface area contributed by atoms with Gasteiger partial charge in [0.05, 0.1) is 0 Å². The highest BCUT2D eigenvalue weighted by molar-refractivity contribution is 9.08. The minimum absolute atomic E-state index is 0.106. The van der Waals surface area contributed by atoms with Crippen molar-refractivity contribution in [3.63, 3.8) is 0 Å². The first-order valence-corrected chi connectivity index (χ1v) is 5.88. The molecule has 0 aliphatic carbocycles. The van der Waals surface area contributed by atoms with Crippen LogP contribution in [0.4, 0.5) is 8.92 Å². The third-order valence-electron chi connectivity index (χ3n) is 2.42. The lowest BCUT2D eigenvalue weighted by atomic mass is 9.92. The topological polar surface area (TPSA) is 26.3 Å². The Kier molecular flexibility index (Phi) is 4.41. The molecule has 0 radical (unpaired) electrons. The second-order valence-electron chi connectivity index (χ2n) is 3.35. The van der Waals surface area contributed by atoms with E-state index in [1.165, 1.54) is 19.1 Å². The van der Waals surface area contributed by atoms with Crippen molar-refractivity contribution in [2.45, 2.75) is 24.3 Å². The number of carbonyl (C=O) groups is 1. The number of benzene rings is 1. The summed E-state index contributed by atoms with van der Waals surface area (Å²) in [7, 11) is 0. The molecule has 0 saturated carbocycles. The van der Waals surface area contributed by atoms with Gasteiger partial charge in [0.25, 0.3) is 0 Å². The lowest BCUT2D eigenvalue weighted by Crippen LogP contribution is -2.30. The number of alkyl halides is 2. The maximum atomic E-state index is 14.2. The molecule has 88 valence electrons. The molecule has 0 saturated heterocycles. The molecule has 1 unspecified atom stereocenters. The maximum Gasteiger partial charge on any atom is 0.390 e. The van der Waals surface area contributed by atoms with Crippen LogP contribution in [0.15, 0.2) is 24.3 Å². The van der Waals surface area contributed by atoms with Crippen LogP contribution in [0, 0.1) is 0 Å². The van der Waals surface area contributed by atoms with Gasteiger partial charge >= 0.3 is 5.97 Å².